The number of nitrogens with one attached hydrogen (secondary N) is 2. The Hall–Kier alpha value is -3.47. The molecule has 11 heteroatoms. The number of ether oxygens (including phenoxy) is 1. The van der Waals surface area contributed by atoms with E-state index in [1.165, 1.54) is 36.0 Å². The van der Waals surface area contributed by atoms with Crippen molar-refractivity contribution in [3.8, 4) is 0 Å². The number of para-hydroxylation sites is 1. The van der Waals surface area contributed by atoms with E-state index in [2.05, 4.69) is 36.0 Å². The molecule has 0 unspecified atom stereocenters. The first kappa shape index (κ1) is 30.8. The zero-order valence-corrected chi connectivity index (χ0v) is 23.3. The third kappa shape index (κ3) is 9.77. The highest BCUT2D eigenvalue weighted by molar-refractivity contribution is 7.93. The van der Waals surface area contributed by atoms with Gasteiger partial charge in [-0.25, -0.2) is 8.42 Å². The summed E-state index contributed by atoms with van der Waals surface area (Å²) in [5.74, 6) is 0. The lowest BCUT2D eigenvalue weighted by atomic mass is 10.1. The Bertz CT molecular complexity index is 1310. The van der Waals surface area contributed by atoms with Gasteiger partial charge >= 0.3 is 0 Å². The minimum atomic E-state index is -4.20. The predicted molar refractivity (Wildman–Crippen MR) is 154 cm³/mol. The topological polar surface area (TPSA) is 123 Å². The number of halogens is 1. The summed E-state index contributed by atoms with van der Waals surface area (Å²) in [7, 11) is -4.20. The van der Waals surface area contributed by atoms with Gasteiger partial charge in [-0.05, 0) is 48.6 Å². The van der Waals surface area contributed by atoms with Gasteiger partial charge in [-0.1, -0.05) is 68.8 Å². The van der Waals surface area contributed by atoms with Crippen LogP contribution in [0.1, 0.15) is 44.7 Å². The normalized spacial score (nSPS) is 11.1. The maximum atomic E-state index is 13.0. The number of hydrogen-bond donors (Lipinski definition) is 2. The Labute approximate surface area is 229 Å². The van der Waals surface area contributed by atoms with Crippen molar-refractivity contribution in [2.24, 2.45) is 5.10 Å². The Kier molecular flexibility index (Phi) is 12.7. The van der Waals surface area contributed by atoms with Crippen LogP contribution in [0.2, 0.25) is 5.02 Å². The van der Waals surface area contributed by atoms with Gasteiger partial charge in [-0.2, -0.15) is 5.10 Å². The van der Waals surface area contributed by atoms with Crippen LogP contribution in [0.25, 0.3) is 0 Å². The highest BCUT2D eigenvalue weighted by atomic mass is 35.5. The second kappa shape index (κ2) is 15.7. The summed E-state index contributed by atoms with van der Waals surface area (Å²) < 4.78 is 33.4. The van der Waals surface area contributed by atoms with Crippen molar-refractivity contribution in [1.29, 1.82) is 0 Å². The number of rotatable bonds is 12. The first-order chi connectivity index (χ1) is 18.2. The standard InChI is InChI=1S/C21H19ClN4O4S.C6H14O/c1-2-15-7-9-16(10-8-15)14-23-24-20-12-11-17(26(27)28)13-21(20)31(29,30)25-19-6-4-3-5-18(19)22;1-3-5-7-6-4-2/h3-14,24-25H,2H2,1H3;3-6H2,1-2H3/b23-14+;. The van der Waals surface area contributed by atoms with Crippen LogP contribution in [0.3, 0.4) is 0 Å². The molecule has 0 aliphatic heterocycles. The van der Waals surface area contributed by atoms with Crippen molar-refractivity contribution < 1.29 is 18.1 Å². The Balaban J connectivity index is 0.000000638. The first-order valence-corrected chi connectivity index (χ1v) is 14.1. The van der Waals surface area contributed by atoms with Crippen LogP contribution >= 0.6 is 11.6 Å². The monoisotopic (exact) mass is 560 g/mol. The second-order valence-electron chi connectivity index (χ2n) is 8.10. The van der Waals surface area contributed by atoms with E-state index >= 15 is 0 Å². The molecule has 9 nitrogen and oxygen atoms in total. The quantitative estimate of drug-likeness (QED) is 0.108. The fourth-order valence-electron chi connectivity index (χ4n) is 3.09. The highest BCUT2D eigenvalue weighted by Crippen LogP contribution is 2.30. The van der Waals surface area contributed by atoms with Gasteiger partial charge in [-0.3, -0.25) is 20.3 Å². The molecule has 3 rings (SSSR count). The highest BCUT2D eigenvalue weighted by Gasteiger charge is 2.23. The number of nitro benzene ring substituents is 1. The van der Waals surface area contributed by atoms with Crippen molar-refractivity contribution in [3.63, 3.8) is 0 Å². The van der Waals surface area contributed by atoms with Gasteiger partial charge in [0.2, 0.25) is 0 Å². The van der Waals surface area contributed by atoms with E-state index in [0.717, 1.165) is 44.1 Å². The molecule has 3 aromatic rings. The van der Waals surface area contributed by atoms with Crippen LogP contribution in [0, 0.1) is 10.1 Å². The van der Waals surface area contributed by atoms with E-state index in [1.54, 1.807) is 12.1 Å². The van der Waals surface area contributed by atoms with Crippen LogP contribution in [0.4, 0.5) is 17.1 Å². The minimum absolute atomic E-state index is 0.0755. The smallest absolute Gasteiger partial charge is 0.270 e. The summed E-state index contributed by atoms with van der Waals surface area (Å²) in [6, 6.07) is 17.4. The average Bonchev–Trinajstić information content (AvgIpc) is 2.91. The fraction of sp³-hybridized carbons (Fsp3) is 0.296. The average molecular weight is 561 g/mol. The molecule has 0 aliphatic carbocycles. The predicted octanol–water partition coefficient (Wildman–Crippen LogP) is 6.88. The van der Waals surface area contributed by atoms with Crippen molar-refractivity contribution >= 4 is 44.9 Å². The summed E-state index contributed by atoms with van der Waals surface area (Å²) in [6.45, 7) is 8.14. The van der Waals surface area contributed by atoms with Crippen LogP contribution in [0.15, 0.2) is 76.7 Å². The lowest BCUT2D eigenvalue weighted by molar-refractivity contribution is -0.385. The van der Waals surface area contributed by atoms with Gasteiger partial charge in [0.25, 0.3) is 15.7 Å². The number of nitrogens with zero attached hydrogens (tertiary/aromatic N) is 2. The summed E-state index contributed by atoms with van der Waals surface area (Å²) in [5.41, 5.74) is 4.51. The van der Waals surface area contributed by atoms with Crippen molar-refractivity contribution in [3.05, 3.63) is 93.0 Å². The van der Waals surface area contributed by atoms with Crippen molar-refractivity contribution in [2.75, 3.05) is 23.4 Å². The SMILES string of the molecule is CCCOCCC.CCc1ccc(/C=N/Nc2ccc([N+](=O)[O-])cc2S(=O)(=O)Nc2ccccc2Cl)cc1. The summed E-state index contributed by atoms with van der Waals surface area (Å²) in [5, 5.41) is 15.4. The summed E-state index contributed by atoms with van der Waals surface area (Å²) in [4.78, 5) is 10.2. The van der Waals surface area contributed by atoms with E-state index in [0.29, 0.717) is 0 Å². The maximum Gasteiger partial charge on any atom is 0.270 e. The Morgan fingerprint density at radius 2 is 1.63 bits per heavy atom. The largest absolute Gasteiger partial charge is 0.381 e. The molecule has 0 aliphatic rings. The number of non-ortho nitro benzene ring substituents is 1. The minimum Gasteiger partial charge on any atom is -0.381 e. The molecule has 0 spiro atoms. The van der Waals surface area contributed by atoms with Gasteiger partial charge in [0, 0.05) is 25.3 Å². The van der Waals surface area contributed by atoms with Gasteiger partial charge in [0.1, 0.15) is 4.90 Å². The number of aryl methyl sites for hydroxylation is 1. The van der Waals surface area contributed by atoms with E-state index in [4.69, 9.17) is 16.3 Å². The molecule has 0 radical (unpaired) electrons. The first-order valence-electron chi connectivity index (χ1n) is 12.2. The third-order valence-corrected chi connectivity index (χ3v) is 6.80. The molecular weight excluding hydrogens is 528 g/mol. The van der Waals surface area contributed by atoms with E-state index in [9.17, 15) is 18.5 Å². The lowest BCUT2D eigenvalue weighted by Crippen LogP contribution is -2.15. The zero-order chi connectivity index (χ0) is 28.0. The van der Waals surface area contributed by atoms with E-state index in [1.807, 2.05) is 24.3 Å². The van der Waals surface area contributed by atoms with Gasteiger partial charge in [0.05, 0.1) is 27.5 Å². The van der Waals surface area contributed by atoms with Crippen molar-refractivity contribution in [2.45, 2.75) is 44.9 Å². The molecule has 0 saturated carbocycles. The number of hydrazone groups is 1. The number of sulfonamides is 1. The van der Waals surface area contributed by atoms with Gasteiger partial charge < -0.3 is 4.74 Å². The molecule has 0 amide bonds. The van der Waals surface area contributed by atoms with Crippen LogP contribution in [-0.4, -0.2) is 32.8 Å². The number of benzene rings is 3. The van der Waals surface area contributed by atoms with Crippen molar-refractivity contribution in [1.82, 2.24) is 0 Å². The molecule has 0 bridgehead atoms. The summed E-state index contributed by atoms with van der Waals surface area (Å²) >= 11 is 6.04. The molecule has 0 saturated heterocycles. The van der Waals surface area contributed by atoms with Crippen LogP contribution in [0.5, 0.6) is 0 Å². The Morgan fingerprint density at radius 3 is 2.21 bits per heavy atom. The molecule has 0 fully saturated rings. The fourth-order valence-corrected chi connectivity index (χ4v) is 4.59. The van der Waals surface area contributed by atoms with E-state index < -0.39 is 14.9 Å². The lowest BCUT2D eigenvalue weighted by Gasteiger charge is -2.12. The van der Waals surface area contributed by atoms with Gasteiger partial charge in [0.15, 0.2) is 0 Å². The Morgan fingerprint density at radius 1 is 0.974 bits per heavy atom. The number of anilines is 2. The van der Waals surface area contributed by atoms with Gasteiger partial charge in [-0.15, -0.1) is 0 Å². The molecule has 0 atom stereocenters. The molecule has 204 valence electrons. The maximum absolute atomic E-state index is 13.0. The van der Waals surface area contributed by atoms with Crippen LogP contribution < -0.4 is 10.1 Å². The molecular formula is C27H33ClN4O5S. The van der Waals surface area contributed by atoms with Crippen LogP contribution in [-0.2, 0) is 21.2 Å². The van der Waals surface area contributed by atoms with E-state index in [-0.39, 0.29) is 27.0 Å². The zero-order valence-electron chi connectivity index (χ0n) is 21.7. The second-order valence-corrected chi connectivity index (χ2v) is 10.2. The molecule has 38 heavy (non-hydrogen) atoms. The number of hydrogen-bond acceptors (Lipinski definition) is 7. The molecule has 0 aromatic heterocycles. The molecule has 0 heterocycles. The molecule has 3 aromatic carbocycles. The third-order valence-electron chi connectivity index (χ3n) is 5.07. The number of nitro groups is 1. The summed E-state index contributed by atoms with van der Waals surface area (Å²) in [6.07, 6.45) is 4.72. The molecule has 2 N–H and O–H groups in total.